The molecule has 0 radical (unpaired) electrons. The molecule has 3 nitrogen and oxygen atoms in total. The molecule has 1 aliphatic carbocycles. The van der Waals surface area contributed by atoms with Gasteiger partial charge in [0, 0.05) is 30.3 Å². The maximum absolute atomic E-state index is 5.31. The van der Waals surface area contributed by atoms with Gasteiger partial charge in [0.1, 0.15) is 5.76 Å². The van der Waals surface area contributed by atoms with Gasteiger partial charge in [-0.3, -0.25) is 0 Å². The molecule has 0 amide bonds. The van der Waals surface area contributed by atoms with E-state index < -0.39 is 0 Å². The maximum atomic E-state index is 5.31. The van der Waals surface area contributed by atoms with E-state index in [9.17, 15) is 0 Å². The first-order valence-corrected chi connectivity index (χ1v) is 6.84. The lowest BCUT2D eigenvalue weighted by Gasteiger charge is -2.08. The Kier molecular flexibility index (Phi) is 2.71. The van der Waals surface area contributed by atoms with E-state index in [2.05, 4.69) is 16.5 Å². The summed E-state index contributed by atoms with van der Waals surface area (Å²) >= 11 is 2.03. The molecule has 4 heteroatoms. The number of hydrogen-bond acceptors (Lipinski definition) is 4. The van der Waals surface area contributed by atoms with Gasteiger partial charge in [-0.15, -0.1) is 0 Å². The predicted molar refractivity (Wildman–Crippen MR) is 61.0 cm³/mol. The van der Waals surface area contributed by atoms with Crippen LogP contribution < -0.4 is 5.32 Å². The summed E-state index contributed by atoms with van der Waals surface area (Å²) in [5.41, 5.74) is 1.06. The second kappa shape index (κ2) is 4.18. The van der Waals surface area contributed by atoms with Gasteiger partial charge in [-0.1, -0.05) is 5.16 Å². The van der Waals surface area contributed by atoms with Crippen molar-refractivity contribution in [2.45, 2.75) is 37.8 Å². The summed E-state index contributed by atoms with van der Waals surface area (Å²) in [6.07, 6.45) is 3.85. The molecule has 2 aliphatic rings. The molecule has 1 aromatic rings. The van der Waals surface area contributed by atoms with E-state index in [1.165, 1.54) is 30.8 Å². The van der Waals surface area contributed by atoms with Crippen molar-refractivity contribution in [2.24, 2.45) is 0 Å². The van der Waals surface area contributed by atoms with Gasteiger partial charge in [0.05, 0.1) is 5.69 Å². The highest BCUT2D eigenvalue weighted by Gasteiger charge is 2.27. The van der Waals surface area contributed by atoms with Crippen molar-refractivity contribution in [3.05, 3.63) is 17.5 Å². The van der Waals surface area contributed by atoms with Crippen molar-refractivity contribution in [3.63, 3.8) is 0 Å². The van der Waals surface area contributed by atoms with Crippen LogP contribution in [0, 0.1) is 0 Å². The van der Waals surface area contributed by atoms with Crippen molar-refractivity contribution in [3.8, 4) is 0 Å². The molecule has 1 aliphatic heterocycles. The Balaban J connectivity index is 1.52. The van der Waals surface area contributed by atoms with Crippen LogP contribution in [0.1, 0.15) is 36.6 Å². The van der Waals surface area contributed by atoms with Crippen LogP contribution in [0.3, 0.4) is 0 Å². The largest absolute Gasteiger partial charge is 0.361 e. The Labute approximate surface area is 94.0 Å². The van der Waals surface area contributed by atoms with Crippen LogP contribution in [0.4, 0.5) is 0 Å². The van der Waals surface area contributed by atoms with Crippen LogP contribution in [0.25, 0.3) is 0 Å². The van der Waals surface area contributed by atoms with E-state index in [4.69, 9.17) is 4.52 Å². The number of nitrogens with one attached hydrogen (secondary N) is 1. The molecular formula is C11H16N2OS. The van der Waals surface area contributed by atoms with E-state index >= 15 is 0 Å². The summed E-state index contributed by atoms with van der Waals surface area (Å²) in [6.45, 7) is 0.863. The second-order valence-corrected chi connectivity index (χ2v) is 5.59. The van der Waals surface area contributed by atoms with Crippen LogP contribution in [0.2, 0.25) is 0 Å². The normalized spacial score (nSPS) is 26.0. The van der Waals surface area contributed by atoms with Crippen LogP contribution in [-0.2, 0) is 6.54 Å². The zero-order valence-electron chi connectivity index (χ0n) is 8.74. The first-order chi connectivity index (χ1) is 7.42. The standard InChI is InChI=1S/C11H16N2OS/c1-2-8(1)11-5-10(13-14-11)6-12-9-3-4-15-7-9/h5,8-9,12H,1-4,6-7H2/t9-/m1/s1. The van der Waals surface area contributed by atoms with Crippen molar-refractivity contribution in [1.29, 1.82) is 0 Å². The third-order valence-corrected chi connectivity index (χ3v) is 4.22. The van der Waals surface area contributed by atoms with E-state index in [0.29, 0.717) is 12.0 Å². The highest BCUT2D eigenvalue weighted by molar-refractivity contribution is 7.99. The smallest absolute Gasteiger partial charge is 0.140 e. The highest BCUT2D eigenvalue weighted by Crippen LogP contribution is 2.40. The van der Waals surface area contributed by atoms with Crippen molar-refractivity contribution >= 4 is 11.8 Å². The van der Waals surface area contributed by atoms with E-state index in [1.807, 2.05) is 11.8 Å². The maximum Gasteiger partial charge on any atom is 0.140 e. The molecule has 82 valence electrons. The van der Waals surface area contributed by atoms with Crippen LogP contribution >= 0.6 is 11.8 Å². The third-order valence-electron chi connectivity index (χ3n) is 3.06. The summed E-state index contributed by atoms with van der Waals surface area (Å²) < 4.78 is 5.31. The fourth-order valence-corrected chi connectivity index (χ4v) is 3.10. The van der Waals surface area contributed by atoms with E-state index in [0.717, 1.165) is 18.0 Å². The van der Waals surface area contributed by atoms with Gasteiger partial charge >= 0.3 is 0 Å². The first kappa shape index (κ1) is 9.73. The summed E-state index contributed by atoms with van der Waals surface area (Å²) in [5.74, 6) is 4.30. The Bertz CT molecular complexity index is 329. The molecule has 1 aromatic heterocycles. The zero-order chi connectivity index (χ0) is 10.1. The van der Waals surface area contributed by atoms with Crippen molar-refractivity contribution in [1.82, 2.24) is 10.5 Å². The van der Waals surface area contributed by atoms with Crippen LogP contribution in [-0.4, -0.2) is 22.7 Å². The fourth-order valence-electron chi connectivity index (χ4n) is 1.92. The highest BCUT2D eigenvalue weighted by atomic mass is 32.2. The number of rotatable bonds is 4. The van der Waals surface area contributed by atoms with Crippen molar-refractivity contribution in [2.75, 3.05) is 11.5 Å². The number of hydrogen-bond donors (Lipinski definition) is 1. The lowest BCUT2D eigenvalue weighted by atomic mass is 10.2. The first-order valence-electron chi connectivity index (χ1n) is 5.68. The molecule has 0 unspecified atom stereocenters. The molecule has 0 bridgehead atoms. The number of thioether (sulfide) groups is 1. The minimum Gasteiger partial charge on any atom is -0.361 e. The van der Waals surface area contributed by atoms with Gasteiger partial charge in [0.25, 0.3) is 0 Å². The lowest BCUT2D eigenvalue weighted by molar-refractivity contribution is 0.374. The van der Waals surface area contributed by atoms with Gasteiger partial charge in [-0.05, 0) is 25.0 Å². The molecule has 3 rings (SSSR count). The lowest BCUT2D eigenvalue weighted by Crippen LogP contribution is -2.28. The Morgan fingerprint density at radius 2 is 2.40 bits per heavy atom. The molecule has 2 fully saturated rings. The monoisotopic (exact) mass is 224 g/mol. The topological polar surface area (TPSA) is 38.1 Å². The zero-order valence-corrected chi connectivity index (χ0v) is 9.55. The average molecular weight is 224 g/mol. The fraction of sp³-hybridized carbons (Fsp3) is 0.727. The van der Waals surface area contributed by atoms with Gasteiger partial charge in [0.2, 0.25) is 0 Å². The molecule has 15 heavy (non-hydrogen) atoms. The predicted octanol–water partition coefficient (Wildman–Crippen LogP) is 2.15. The number of nitrogens with zero attached hydrogens (tertiary/aromatic N) is 1. The summed E-state index contributed by atoms with van der Waals surface area (Å²) in [5, 5.41) is 7.62. The minimum absolute atomic E-state index is 0.674. The van der Waals surface area contributed by atoms with Gasteiger partial charge in [-0.25, -0.2) is 0 Å². The van der Waals surface area contributed by atoms with E-state index in [1.54, 1.807) is 0 Å². The molecule has 1 saturated heterocycles. The second-order valence-electron chi connectivity index (χ2n) is 4.44. The number of aromatic nitrogens is 1. The summed E-state index contributed by atoms with van der Waals surface area (Å²) in [6, 6.07) is 2.79. The molecule has 1 saturated carbocycles. The summed E-state index contributed by atoms with van der Waals surface area (Å²) in [4.78, 5) is 0. The molecule has 0 spiro atoms. The molecular weight excluding hydrogens is 208 g/mol. The van der Waals surface area contributed by atoms with Crippen LogP contribution in [0.15, 0.2) is 10.6 Å². The Morgan fingerprint density at radius 3 is 3.13 bits per heavy atom. The van der Waals surface area contributed by atoms with E-state index in [-0.39, 0.29) is 0 Å². The van der Waals surface area contributed by atoms with Crippen molar-refractivity contribution < 1.29 is 4.52 Å². The van der Waals surface area contributed by atoms with Gasteiger partial charge in [0.15, 0.2) is 0 Å². The molecule has 1 atom stereocenters. The Hall–Kier alpha value is -0.480. The Morgan fingerprint density at radius 1 is 1.47 bits per heavy atom. The average Bonchev–Trinajstić information content (AvgIpc) is 2.82. The quantitative estimate of drug-likeness (QED) is 0.850. The summed E-state index contributed by atoms with van der Waals surface area (Å²) in [7, 11) is 0. The molecule has 1 N–H and O–H groups in total. The molecule has 2 heterocycles. The molecule has 0 aromatic carbocycles. The van der Waals surface area contributed by atoms with Gasteiger partial charge in [-0.2, -0.15) is 11.8 Å². The minimum atomic E-state index is 0.674. The SMILES string of the molecule is c1c(CN[C@@H]2CCSC2)noc1C1CC1. The van der Waals surface area contributed by atoms with Crippen LogP contribution in [0.5, 0.6) is 0 Å². The van der Waals surface area contributed by atoms with Gasteiger partial charge < -0.3 is 9.84 Å². The third kappa shape index (κ3) is 2.37.